The number of amides is 2. The predicted molar refractivity (Wildman–Crippen MR) is 101 cm³/mol. The Balaban J connectivity index is 1.74. The molecule has 0 bridgehead atoms. The molecule has 1 aliphatic carbocycles. The molecule has 1 aliphatic rings. The van der Waals surface area contributed by atoms with Gasteiger partial charge >= 0.3 is 0 Å². The maximum atomic E-state index is 12.6. The number of phenolic OH excluding ortho intramolecular Hbond substituents is 1. The van der Waals surface area contributed by atoms with Gasteiger partial charge in [0.15, 0.2) is 0 Å². The molecule has 0 fully saturated rings. The third kappa shape index (κ3) is 3.47. The van der Waals surface area contributed by atoms with Crippen LogP contribution in [-0.4, -0.2) is 24.0 Å². The topological polar surface area (TPSA) is 69.6 Å². The van der Waals surface area contributed by atoms with Crippen LogP contribution in [0.2, 0.25) is 0 Å². The maximum Gasteiger partial charge on any atom is 0.251 e. The normalized spacial score (nSPS) is 15.7. The van der Waals surface area contributed by atoms with Crippen molar-refractivity contribution < 1.29 is 14.7 Å². The summed E-state index contributed by atoms with van der Waals surface area (Å²) in [7, 11) is 1.66. The number of carbonyl (C=O) groups is 2. The van der Waals surface area contributed by atoms with Crippen molar-refractivity contribution >= 4 is 17.5 Å². The van der Waals surface area contributed by atoms with Crippen molar-refractivity contribution in [2.24, 2.45) is 0 Å². The van der Waals surface area contributed by atoms with Gasteiger partial charge in [-0.05, 0) is 66.8 Å². The zero-order chi connectivity index (χ0) is 18.7. The van der Waals surface area contributed by atoms with Crippen molar-refractivity contribution in [2.75, 3.05) is 11.9 Å². The summed E-state index contributed by atoms with van der Waals surface area (Å²) in [6, 6.07) is 12.2. The lowest BCUT2D eigenvalue weighted by Crippen LogP contribution is -2.31. The Bertz CT molecular complexity index is 843. The Kier molecular flexibility index (Phi) is 5.07. The Morgan fingerprint density at radius 3 is 2.65 bits per heavy atom. The van der Waals surface area contributed by atoms with E-state index < -0.39 is 0 Å². The first-order valence-corrected chi connectivity index (χ1v) is 8.63. The Labute approximate surface area is 153 Å². The molecule has 0 radical (unpaired) electrons. The van der Waals surface area contributed by atoms with E-state index >= 15 is 0 Å². The minimum atomic E-state index is -0.208. The van der Waals surface area contributed by atoms with Gasteiger partial charge in [-0.25, -0.2) is 0 Å². The minimum Gasteiger partial charge on any atom is -0.508 e. The van der Waals surface area contributed by atoms with Crippen LogP contribution in [0, 0.1) is 0 Å². The smallest absolute Gasteiger partial charge is 0.251 e. The molecule has 2 N–H and O–H groups in total. The van der Waals surface area contributed by atoms with Crippen LogP contribution in [0.25, 0.3) is 0 Å². The fourth-order valence-corrected chi connectivity index (χ4v) is 3.32. The van der Waals surface area contributed by atoms with Gasteiger partial charge < -0.3 is 15.3 Å². The summed E-state index contributed by atoms with van der Waals surface area (Å²) < 4.78 is 0. The lowest BCUT2D eigenvalue weighted by molar-refractivity contribution is -0.113. The molecule has 0 spiro atoms. The van der Waals surface area contributed by atoms with E-state index in [1.165, 1.54) is 11.0 Å². The number of carbonyl (C=O) groups excluding carboxylic acids is 2. The number of fused-ring (bicyclic) bond motifs is 1. The number of aromatic hydroxyl groups is 1. The van der Waals surface area contributed by atoms with Crippen molar-refractivity contribution in [3.05, 3.63) is 71.8 Å². The zero-order valence-electron chi connectivity index (χ0n) is 14.7. The molecule has 0 heterocycles. The van der Waals surface area contributed by atoms with Gasteiger partial charge in [0.2, 0.25) is 5.91 Å². The summed E-state index contributed by atoms with van der Waals surface area (Å²) in [6.07, 6.45) is 3.84. The summed E-state index contributed by atoms with van der Waals surface area (Å²) in [4.78, 5) is 25.7. The molecule has 5 nitrogen and oxygen atoms in total. The first-order valence-electron chi connectivity index (χ1n) is 8.63. The summed E-state index contributed by atoms with van der Waals surface area (Å²) in [5, 5.41) is 13.1. The standard InChI is InChI=1S/C21H22N2O3/c1-3-20(25)23(2)15-12-10-14(11-13-15)21(26)22-18-8-4-7-17-16(18)6-5-9-19(17)24/h3,5-6,9-13,18,24H,1,4,7-8H2,2H3,(H,22,26). The number of nitrogens with one attached hydrogen (secondary N) is 1. The van der Waals surface area contributed by atoms with Crippen molar-refractivity contribution in [3.63, 3.8) is 0 Å². The van der Waals surface area contributed by atoms with Crippen LogP contribution in [0.4, 0.5) is 5.69 Å². The van der Waals surface area contributed by atoms with E-state index in [1.807, 2.05) is 6.07 Å². The average molecular weight is 350 g/mol. The third-order valence-electron chi connectivity index (χ3n) is 4.81. The summed E-state index contributed by atoms with van der Waals surface area (Å²) in [5.41, 5.74) is 3.13. The van der Waals surface area contributed by atoms with Crippen molar-refractivity contribution in [1.82, 2.24) is 5.32 Å². The van der Waals surface area contributed by atoms with Gasteiger partial charge in [-0.2, -0.15) is 0 Å². The summed E-state index contributed by atoms with van der Waals surface area (Å²) in [5.74, 6) is -0.0861. The largest absolute Gasteiger partial charge is 0.508 e. The second-order valence-electron chi connectivity index (χ2n) is 6.41. The SMILES string of the molecule is C=CC(=O)N(C)c1ccc(C(=O)NC2CCCc3c(O)cccc32)cc1. The predicted octanol–water partition coefficient (Wildman–Crippen LogP) is 3.35. The van der Waals surface area contributed by atoms with E-state index in [2.05, 4.69) is 11.9 Å². The number of likely N-dealkylation sites (N-methyl/N-ethyl adjacent to an activating group) is 1. The fraction of sp³-hybridized carbons (Fsp3) is 0.238. The third-order valence-corrected chi connectivity index (χ3v) is 4.81. The van der Waals surface area contributed by atoms with Gasteiger partial charge in [0, 0.05) is 18.3 Å². The molecule has 5 heteroatoms. The molecule has 1 unspecified atom stereocenters. The molecular weight excluding hydrogens is 328 g/mol. The van der Waals surface area contributed by atoms with Gasteiger partial charge in [-0.15, -0.1) is 0 Å². The van der Waals surface area contributed by atoms with Gasteiger partial charge in [0.05, 0.1) is 6.04 Å². The number of hydrogen-bond donors (Lipinski definition) is 2. The van der Waals surface area contributed by atoms with Crippen LogP contribution in [0.5, 0.6) is 5.75 Å². The Morgan fingerprint density at radius 2 is 1.96 bits per heavy atom. The van der Waals surface area contributed by atoms with Crippen molar-refractivity contribution in [2.45, 2.75) is 25.3 Å². The lowest BCUT2D eigenvalue weighted by atomic mass is 9.87. The summed E-state index contributed by atoms with van der Waals surface area (Å²) in [6.45, 7) is 3.47. The molecule has 2 aromatic carbocycles. The van der Waals surface area contributed by atoms with E-state index in [4.69, 9.17) is 0 Å². The molecular formula is C21H22N2O3. The number of rotatable bonds is 4. The first kappa shape index (κ1) is 17.7. The van der Waals surface area contributed by atoms with Gasteiger partial charge in [-0.3, -0.25) is 9.59 Å². The fourth-order valence-electron chi connectivity index (χ4n) is 3.32. The number of hydrogen-bond acceptors (Lipinski definition) is 3. The highest BCUT2D eigenvalue weighted by atomic mass is 16.3. The molecule has 0 saturated carbocycles. The van der Waals surface area contributed by atoms with E-state index in [0.717, 1.165) is 30.4 Å². The molecule has 2 amide bonds. The second-order valence-corrected chi connectivity index (χ2v) is 6.41. The molecule has 0 saturated heterocycles. The molecule has 3 rings (SSSR count). The van der Waals surface area contributed by atoms with Crippen LogP contribution >= 0.6 is 0 Å². The van der Waals surface area contributed by atoms with E-state index in [-0.39, 0.29) is 17.9 Å². The average Bonchev–Trinajstić information content (AvgIpc) is 2.67. The van der Waals surface area contributed by atoms with Gasteiger partial charge in [-0.1, -0.05) is 18.7 Å². The van der Waals surface area contributed by atoms with Crippen LogP contribution in [0.3, 0.4) is 0 Å². The minimum absolute atomic E-state index is 0.108. The van der Waals surface area contributed by atoms with Crippen molar-refractivity contribution in [1.29, 1.82) is 0 Å². The Morgan fingerprint density at radius 1 is 1.23 bits per heavy atom. The van der Waals surface area contributed by atoms with Crippen LogP contribution in [0.15, 0.2) is 55.1 Å². The maximum absolute atomic E-state index is 12.6. The summed E-state index contributed by atoms with van der Waals surface area (Å²) >= 11 is 0. The van der Waals surface area contributed by atoms with E-state index in [0.29, 0.717) is 17.0 Å². The van der Waals surface area contributed by atoms with Crippen LogP contribution in [-0.2, 0) is 11.2 Å². The zero-order valence-corrected chi connectivity index (χ0v) is 14.7. The monoisotopic (exact) mass is 350 g/mol. The van der Waals surface area contributed by atoms with Crippen LogP contribution < -0.4 is 10.2 Å². The highest BCUT2D eigenvalue weighted by Gasteiger charge is 2.24. The molecule has 0 aromatic heterocycles. The molecule has 0 aliphatic heterocycles. The lowest BCUT2D eigenvalue weighted by Gasteiger charge is -2.27. The van der Waals surface area contributed by atoms with Gasteiger partial charge in [0.25, 0.3) is 5.91 Å². The molecule has 2 aromatic rings. The highest BCUT2D eigenvalue weighted by molar-refractivity contribution is 6.01. The molecule has 26 heavy (non-hydrogen) atoms. The number of anilines is 1. The van der Waals surface area contributed by atoms with Gasteiger partial charge in [0.1, 0.15) is 5.75 Å². The van der Waals surface area contributed by atoms with E-state index in [9.17, 15) is 14.7 Å². The second kappa shape index (κ2) is 7.44. The highest BCUT2D eigenvalue weighted by Crippen LogP contribution is 2.34. The first-order chi connectivity index (χ1) is 12.5. The van der Waals surface area contributed by atoms with Crippen molar-refractivity contribution in [3.8, 4) is 5.75 Å². The number of phenols is 1. The Hall–Kier alpha value is -3.08. The quantitative estimate of drug-likeness (QED) is 0.831. The number of nitrogens with zero attached hydrogens (tertiary/aromatic N) is 1. The van der Waals surface area contributed by atoms with E-state index in [1.54, 1.807) is 43.4 Å². The molecule has 1 atom stereocenters. The number of benzene rings is 2. The van der Waals surface area contributed by atoms with Crippen LogP contribution in [0.1, 0.15) is 40.4 Å². The molecule has 134 valence electrons.